The van der Waals surface area contributed by atoms with E-state index in [0.29, 0.717) is 0 Å². The number of hydrogen-bond acceptors (Lipinski definition) is 2. The molecule has 0 amide bonds. The Morgan fingerprint density at radius 3 is 2.00 bits per heavy atom. The first-order valence-electron chi connectivity index (χ1n) is 3.68. The largest absolute Gasteiger partial charge is 0.501 e. The predicted molar refractivity (Wildman–Crippen MR) is 57.7 cm³/mol. The van der Waals surface area contributed by atoms with Gasteiger partial charge >= 0.3 is 5.51 Å². The van der Waals surface area contributed by atoms with E-state index in [2.05, 4.69) is 0 Å². The number of alkyl halides is 3. The van der Waals surface area contributed by atoms with Gasteiger partial charge in [0.25, 0.3) is 9.46 Å². The maximum Gasteiger partial charge on any atom is 0.501 e. The predicted octanol–water partition coefficient (Wildman–Crippen LogP) is 2.43. The molecule has 0 aliphatic rings. The molecule has 0 N–H and O–H groups in total. The normalized spacial score (nSPS) is 14.9. The van der Waals surface area contributed by atoms with Crippen LogP contribution < -0.4 is 5.30 Å². The average Bonchev–Trinajstić information content (AvgIpc) is 2.16. The van der Waals surface area contributed by atoms with Gasteiger partial charge in [0.15, 0.2) is 0 Å². The van der Waals surface area contributed by atoms with Gasteiger partial charge < -0.3 is 0 Å². The van der Waals surface area contributed by atoms with Gasteiger partial charge in [-0.2, -0.15) is 13.2 Å². The summed E-state index contributed by atoms with van der Waals surface area (Å²) in [6, 6.07) is 7.34. The van der Waals surface area contributed by atoms with Crippen LogP contribution >= 0.6 is 15.7 Å². The Bertz CT molecular complexity index is 429. The SMILES string of the molecule is O=S(=O)(P(P)c1ccccc1)C(F)(F)F. The van der Waals surface area contributed by atoms with Crippen molar-refractivity contribution in [3.8, 4) is 0 Å². The average molecular weight is 274 g/mol. The zero-order chi connectivity index (χ0) is 11.7. The van der Waals surface area contributed by atoms with Crippen molar-refractivity contribution in [1.82, 2.24) is 0 Å². The minimum Gasteiger partial charge on any atom is -0.215 e. The number of rotatable bonds is 2. The topological polar surface area (TPSA) is 34.1 Å². The maximum atomic E-state index is 12.2. The van der Waals surface area contributed by atoms with E-state index in [0.717, 1.165) is 0 Å². The Kier molecular flexibility index (Phi) is 3.75. The van der Waals surface area contributed by atoms with E-state index >= 15 is 0 Å². The monoisotopic (exact) mass is 274 g/mol. The van der Waals surface area contributed by atoms with Crippen molar-refractivity contribution in [2.24, 2.45) is 0 Å². The van der Waals surface area contributed by atoms with Crippen molar-refractivity contribution >= 4 is 30.5 Å². The van der Waals surface area contributed by atoms with Crippen LogP contribution in [0.3, 0.4) is 0 Å². The zero-order valence-electron chi connectivity index (χ0n) is 7.27. The molecule has 0 aliphatic heterocycles. The highest BCUT2D eigenvalue weighted by Gasteiger charge is 2.49. The molecule has 0 heterocycles. The molecule has 0 fully saturated rings. The molecule has 0 saturated heterocycles. The Balaban J connectivity index is 3.12. The third kappa shape index (κ3) is 2.68. The first kappa shape index (κ1) is 12.9. The number of hydrogen-bond donors (Lipinski definition) is 0. The Labute approximate surface area is 88.4 Å². The van der Waals surface area contributed by atoms with Gasteiger partial charge in [-0.15, -0.1) is 0 Å². The van der Waals surface area contributed by atoms with Gasteiger partial charge in [0, 0.05) is 0 Å². The van der Waals surface area contributed by atoms with E-state index in [4.69, 9.17) is 0 Å². The van der Waals surface area contributed by atoms with Crippen LogP contribution in [0.2, 0.25) is 0 Å². The summed E-state index contributed by atoms with van der Waals surface area (Å²) in [5.41, 5.74) is -5.20. The summed E-state index contributed by atoms with van der Waals surface area (Å²) in [4.78, 5) is 0. The van der Waals surface area contributed by atoms with Crippen molar-refractivity contribution in [3.63, 3.8) is 0 Å². The minimum absolute atomic E-state index is 0.162. The van der Waals surface area contributed by atoms with Crippen LogP contribution in [0.4, 0.5) is 13.2 Å². The molecule has 2 unspecified atom stereocenters. The zero-order valence-corrected chi connectivity index (χ0v) is 10.1. The van der Waals surface area contributed by atoms with Crippen LogP contribution in [0, 0.1) is 0 Å². The molecule has 0 aliphatic carbocycles. The third-order valence-electron chi connectivity index (χ3n) is 1.56. The lowest BCUT2D eigenvalue weighted by Gasteiger charge is -2.14. The smallest absolute Gasteiger partial charge is 0.215 e. The highest BCUT2D eigenvalue weighted by atomic mass is 32.9. The molecule has 0 radical (unpaired) electrons. The van der Waals surface area contributed by atoms with E-state index < -0.39 is 21.8 Å². The Morgan fingerprint density at radius 1 is 1.13 bits per heavy atom. The second-order valence-electron chi connectivity index (χ2n) is 2.58. The van der Waals surface area contributed by atoms with Crippen molar-refractivity contribution < 1.29 is 21.6 Å². The van der Waals surface area contributed by atoms with Crippen molar-refractivity contribution in [2.75, 3.05) is 0 Å². The molecule has 0 saturated carbocycles. The summed E-state index contributed by atoms with van der Waals surface area (Å²) >= 11 is 0. The molecule has 84 valence electrons. The molecule has 1 rings (SSSR count). The van der Waals surface area contributed by atoms with Crippen LogP contribution in [0.15, 0.2) is 30.3 Å². The minimum atomic E-state index is -5.20. The fourth-order valence-electron chi connectivity index (χ4n) is 0.825. The van der Waals surface area contributed by atoms with Crippen LogP contribution in [0.5, 0.6) is 0 Å². The Morgan fingerprint density at radius 2 is 1.60 bits per heavy atom. The van der Waals surface area contributed by atoms with Crippen molar-refractivity contribution in [3.05, 3.63) is 30.3 Å². The van der Waals surface area contributed by atoms with Crippen LogP contribution in [-0.4, -0.2) is 13.9 Å². The van der Waals surface area contributed by atoms with Gasteiger partial charge in [-0.3, -0.25) is 0 Å². The third-order valence-corrected chi connectivity index (χ3v) is 9.67. The van der Waals surface area contributed by atoms with E-state index in [1.54, 1.807) is 15.0 Å². The molecule has 8 heteroatoms. The fourth-order valence-corrected chi connectivity index (χ4v) is 5.25. The van der Waals surface area contributed by atoms with Crippen molar-refractivity contribution in [2.45, 2.75) is 5.51 Å². The molecule has 15 heavy (non-hydrogen) atoms. The lowest BCUT2D eigenvalue weighted by molar-refractivity contribution is -0.0411. The lowest BCUT2D eigenvalue weighted by atomic mass is 10.4. The van der Waals surface area contributed by atoms with Gasteiger partial charge in [0.05, 0.1) is 6.81 Å². The summed E-state index contributed by atoms with van der Waals surface area (Å²) in [7, 11) is -3.34. The Hall–Kier alpha value is -0.180. The molecule has 2 atom stereocenters. The van der Waals surface area contributed by atoms with Crippen LogP contribution in [-0.2, 0) is 9.46 Å². The molecule has 0 bridgehead atoms. The van der Waals surface area contributed by atoms with Crippen molar-refractivity contribution in [1.29, 1.82) is 0 Å². The van der Waals surface area contributed by atoms with Crippen LogP contribution in [0.1, 0.15) is 0 Å². The van der Waals surface area contributed by atoms with E-state index in [9.17, 15) is 21.6 Å². The second-order valence-corrected chi connectivity index (χ2v) is 10.5. The number of halogens is 3. The van der Waals surface area contributed by atoms with Gasteiger partial charge in [0.2, 0.25) is 0 Å². The summed E-state index contributed by atoms with van der Waals surface area (Å²) in [6.07, 6.45) is 0. The van der Waals surface area contributed by atoms with Gasteiger partial charge in [-0.25, -0.2) is 8.42 Å². The quantitative estimate of drug-likeness (QED) is 0.776. The summed E-state index contributed by atoms with van der Waals surface area (Å²) in [6.45, 7) is -2.34. The standard InChI is InChI=1S/C7H7F3O2P2S/c8-7(9,10)15(11,12)14(13)6-4-2-1-3-5-6/h1-5H,13H2. The first-order valence-corrected chi connectivity index (χ1v) is 8.73. The molecule has 2 nitrogen and oxygen atoms in total. The van der Waals surface area contributed by atoms with E-state index in [1.165, 1.54) is 24.3 Å². The van der Waals surface area contributed by atoms with Crippen LogP contribution in [0.25, 0.3) is 0 Å². The molecular weight excluding hydrogens is 267 g/mol. The molecule has 1 aromatic carbocycles. The van der Waals surface area contributed by atoms with Gasteiger partial charge in [-0.05, 0) is 5.30 Å². The van der Waals surface area contributed by atoms with E-state index in [1.807, 2.05) is 0 Å². The summed E-state index contributed by atoms with van der Waals surface area (Å²) in [5, 5.41) is 0.162. The first-order chi connectivity index (χ1) is 6.77. The number of benzene rings is 1. The van der Waals surface area contributed by atoms with E-state index in [-0.39, 0.29) is 5.30 Å². The maximum absolute atomic E-state index is 12.2. The molecule has 1 aromatic rings. The van der Waals surface area contributed by atoms with Gasteiger partial charge in [0.1, 0.15) is 0 Å². The molecular formula is C7H7F3O2P2S. The summed E-state index contributed by atoms with van der Waals surface area (Å²) < 4.78 is 58.6. The summed E-state index contributed by atoms with van der Waals surface area (Å²) in [5.74, 6) is 0. The molecule has 0 spiro atoms. The van der Waals surface area contributed by atoms with Gasteiger partial charge in [-0.1, -0.05) is 39.3 Å². The lowest BCUT2D eigenvalue weighted by Crippen LogP contribution is -2.22. The molecule has 0 aromatic heterocycles. The highest BCUT2D eigenvalue weighted by molar-refractivity contribution is 8.69. The fraction of sp³-hybridized carbons (Fsp3) is 0.143. The highest BCUT2D eigenvalue weighted by Crippen LogP contribution is 2.55. The second kappa shape index (κ2) is 4.36.